The van der Waals surface area contributed by atoms with E-state index in [4.69, 9.17) is 9.59 Å². The third kappa shape index (κ3) is 32.3. The van der Waals surface area contributed by atoms with Crippen molar-refractivity contribution in [1.82, 2.24) is 9.97 Å². The van der Waals surface area contributed by atoms with Crippen molar-refractivity contribution in [2.24, 2.45) is 0 Å². The van der Waals surface area contributed by atoms with Crippen LogP contribution in [0.4, 0.5) is 0 Å². The van der Waals surface area contributed by atoms with Crippen LogP contribution < -0.4 is 0 Å². The predicted molar refractivity (Wildman–Crippen MR) is 171 cm³/mol. The van der Waals surface area contributed by atoms with Crippen molar-refractivity contribution in [2.75, 3.05) is 25.4 Å². The Kier molecular flexibility index (Phi) is 49.4. The summed E-state index contributed by atoms with van der Waals surface area (Å²) in [6.45, 7) is 23.4. The average Bonchev–Trinajstić information content (AvgIpc) is 2.90. The summed E-state index contributed by atoms with van der Waals surface area (Å²) in [4.78, 5) is 24.0. The van der Waals surface area contributed by atoms with Gasteiger partial charge in [0.2, 0.25) is 0 Å². The Morgan fingerprint density at radius 2 is 1.26 bits per heavy atom. The molecule has 0 aliphatic rings. The molecule has 38 heavy (non-hydrogen) atoms. The molecule has 0 aliphatic heterocycles. The molecule has 2 heterocycles. The molecule has 2 unspecified atom stereocenters. The first-order valence-electron chi connectivity index (χ1n) is 12.0. The van der Waals surface area contributed by atoms with Crippen LogP contribution in [-0.2, 0) is 61.6 Å². The summed E-state index contributed by atoms with van der Waals surface area (Å²) in [7, 11) is 3.41. The summed E-state index contributed by atoms with van der Waals surface area (Å²) in [6, 6.07) is 11.9. The SMILES string of the molecule is CC(C)[PH+](CC[N-]Cc1ccccn1)C(C)C.C[CH-]C.PPCC[N-]Cc1ccccn1.[CH-]=O.[CH-]=O.[RuH+3].[RuH]. The van der Waals surface area contributed by atoms with Crippen molar-refractivity contribution < 1.29 is 48.5 Å². The number of hydrogen-bond donors (Lipinski definition) is 0. The van der Waals surface area contributed by atoms with Gasteiger partial charge in [0.15, 0.2) is 0 Å². The first-order chi connectivity index (χ1) is 17.5. The molecular weight excluding hydrogens is 707 g/mol. The van der Waals surface area contributed by atoms with E-state index in [-0.39, 0.29) is 46.9 Å². The van der Waals surface area contributed by atoms with Gasteiger partial charge in [0.1, 0.15) is 0 Å². The van der Waals surface area contributed by atoms with Gasteiger partial charge in [-0.1, -0.05) is 18.3 Å². The van der Waals surface area contributed by atoms with E-state index in [1.807, 2.05) is 69.1 Å². The summed E-state index contributed by atoms with van der Waals surface area (Å²) in [5, 5.41) is 8.97. The number of carbonyl (C=O) groups excluding carboxylic acids is 2. The molecule has 0 bridgehead atoms. The van der Waals surface area contributed by atoms with E-state index in [0.29, 0.717) is 0 Å². The van der Waals surface area contributed by atoms with Crippen LogP contribution in [0.15, 0.2) is 48.8 Å². The summed E-state index contributed by atoms with van der Waals surface area (Å²) in [5.74, 6) is 0. The van der Waals surface area contributed by atoms with Crippen molar-refractivity contribution >= 4 is 38.7 Å². The van der Waals surface area contributed by atoms with E-state index in [9.17, 15) is 0 Å². The van der Waals surface area contributed by atoms with Crippen LogP contribution in [0.3, 0.4) is 0 Å². The zero-order chi connectivity index (χ0) is 28.0. The third-order valence-electron chi connectivity index (χ3n) is 4.46. The fourth-order valence-electron chi connectivity index (χ4n) is 2.97. The molecule has 0 spiro atoms. The summed E-state index contributed by atoms with van der Waals surface area (Å²) in [5.41, 5.74) is 3.84. The van der Waals surface area contributed by atoms with Gasteiger partial charge in [-0.05, 0) is 52.0 Å². The van der Waals surface area contributed by atoms with Gasteiger partial charge in [0.05, 0.1) is 11.3 Å². The zero-order valence-corrected chi connectivity index (χ0v) is 30.6. The first-order valence-corrected chi connectivity index (χ1v) is 16.9. The average molecular weight is 757 g/mol. The molecule has 2 rings (SSSR count). The van der Waals surface area contributed by atoms with Gasteiger partial charge in [0.25, 0.3) is 0 Å². The number of aromatic nitrogens is 2. The molecule has 1 radical (unpaired) electrons. The molecule has 2 aromatic rings. The number of pyridine rings is 2. The van der Waals surface area contributed by atoms with Crippen LogP contribution >= 0.6 is 25.1 Å². The second-order valence-electron chi connectivity index (χ2n) is 8.02. The quantitative estimate of drug-likeness (QED) is 0.0809. The minimum atomic E-state index is -0.247. The molecule has 0 saturated carbocycles. The summed E-state index contributed by atoms with van der Waals surface area (Å²) in [6.07, 6.45) is 8.12. The van der Waals surface area contributed by atoms with Crippen LogP contribution in [0.2, 0.25) is 0 Å². The second kappa shape index (κ2) is 39.2. The maximum atomic E-state index is 7.75. The van der Waals surface area contributed by atoms with E-state index < -0.39 is 0 Å². The van der Waals surface area contributed by atoms with Gasteiger partial charge >= 0.3 is 39.0 Å². The molecule has 0 saturated heterocycles. The fourth-order valence-corrected chi connectivity index (χ4v) is 6.55. The van der Waals surface area contributed by atoms with Crippen molar-refractivity contribution in [3.05, 3.63) is 77.2 Å². The Balaban J connectivity index is -0.000000152. The van der Waals surface area contributed by atoms with Crippen LogP contribution in [0.1, 0.15) is 52.9 Å². The Labute approximate surface area is 264 Å². The molecule has 221 valence electrons. The summed E-state index contributed by atoms with van der Waals surface area (Å²) >= 11 is 0. The third-order valence-corrected chi connectivity index (χ3v) is 9.60. The van der Waals surface area contributed by atoms with Gasteiger partial charge < -0.3 is 26.6 Å². The summed E-state index contributed by atoms with van der Waals surface area (Å²) < 4.78 is 0. The molecular formula is C27H49N4O2P3Ru2-. The Morgan fingerprint density at radius 3 is 1.58 bits per heavy atom. The van der Waals surface area contributed by atoms with E-state index in [1.54, 1.807) is 0 Å². The topological polar surface area (TPSA) is 88.1 Å². The van der Waals surface area contributed by atoms with Crippen LogP contribution in [0.25, 0.3) is 10.6 Å². The molecule has 2 aromatic heterocycles. The van der Waals surface area contributed by atoms with Crippen LogP contribution in [0, 0.1) is 6.42 Å². The Morgan fingerprint density at radius 1 is 0.868 bits per heavy atom. The molecule has 2 atom stereocenters. The number of hydrogen-bond acceptors (Lipinski definition) is 4. The first kappa shape index (κ1) is 47.9. The van der Waals surface area contributed by atoms with Gasteiger partial charge in [-0.25, -0.2) is 0 Å². The minimum absolute atomic E-state index is 0. The molecule has 11 heteroatoms. The Hall–Kier alpha value is 0.0968. The molecule has 6 nitrogen and oxygen atoms in total. The van der Waals surface area contributed by atoms with E-state index in [0.717, 1.165) is 57.2 Å². The monoisotopic (exact) mass is 758 g/mol. The molecule has 0 aliphatic carbocycles. The van der Waals surface area contributed by atoms with Crippen molar-refractivity contribution in [3.63, 3.8) is 0 Å². The normalized spacial score (nSPS) is 9.42. The maximum absolute atomic E-state index is 7.75. The van der Waals surface area contributed by atoms with Gasteiger partial charge in [-0.2, -0.15) is 13.8 Å². The van der Waals surface area contributed by atoms with Gasteiger partial charge in [0, 0.05) is 37.9 Å². The van der Waals surface area contributed by atoms with Gasteiger partial charge in [-0.3, -0.25) is 23.5 Å². The van der Waals surface area contributed by atoms with Crippen molar-refractivity contribution in [2.45, 2.75) is 65.9 Å². The Bertz CT molecular complexity index is 670. The van der Waals surface area contributed by atoms with Crippen molar-refractivity contribution in [1.29, 1.82) is 0 Å². The van der Waals surface area contributed by atoms with E-state index in [1.165, 1.54) is 12.3 Å². The fraction of sp³-hybridized carbons (Fsp3) is 0.519. The van der Waals surface area contributed by atoms with Gasteiger partial charge in [-0.15, -0.1) is 43.4 Å². The number of nitrogens with zero attached hydrogens (tertiary/aromatic N) is 4. The standard InChI is InChI=1S/C14H24N2P.C8H13N2P2.C3H7.2CHO.2Ru.2H/c1-12(2)17(13(3)4)10-9-15-11-14-7-5-6-8-16-14;11-12-6-5-9-7-8-3-1-2-4-10-8;1-3-2;2*1-2;;;;/h5-8,12-13H,9-11H2,1-4H3;1-4,12H,5-7,11H2;3H,1-2H3;2*1H;;;;/q5*-1;;+3;;/p+1. The molecule has 0 fully saturated rings. The van der Waals surface area contributed by atoms with Crippen LogP contribution in [0.5, 0.6) is 0 Å². The predicted octanol–water partition coefficient (Wildman–Crippen LogP) is 6.55. The molecule has 0 amide bonds. The van der Waals surface area contributed by atoms with E-state index >= 15 is 0 Å². The van der Waals surface area contributed by atoms with Crippen molar-refractivity contribution in [3.8, 4) is 0 Å². The second-order valence-corrected chi connectivity index (χ2v) is 14.1. The van der Waals surface area contributed by atoms with Crippen LogP contribution in [-0.4, -0.2) is 60.3 Å². The molecule has 0 N–H and O–H groups in total. The molecule has 0 aromatic carbocycles. The zero-order valence-electron chi connectivity index (χ0n) is 23.7. The number of rotatable bonds is 12. The van der Waals surface area contributed by atoms with E-state index in [2.05, 4.69) is 70.8 Å².